The predicted octanol–water partition coefficient (Wildman–Crippen LogP) is 3.69. The summed E-state index contributed by atoms with van der Waals surface area (Å²) in [5.41, 5.74) is 0.984. The second kappa shape index (κ2) is 9.46. The van der Waals surface area contributed by atoms with Crippen LogP contribution in [0, 0.1) is 5.92 Å². The van der Waals surface area contributed by atoms with Crippen molar-refractivity contribution < 1.29 is 24.2 Å². The highest BCUT2D eigenvalue weighted by molar-refractivity contribution is 8.14. The Kier molecular flexibility index (Phi) is 7.23. The lowest BCUT2D eigenvalue weighted by molar-refractivity contribution is -0.283. The molecule has 0 aromatic carbocycles. The molecule has 0 radical (unpaired) electrons. The van der Waals surface area contributed by atoms with Crippen molar-refractivity contribution in [2.24, 2.45) is 5.92 Å². The third-order valence-electron chi connectivity index (χ3n) is 5.78. The van der Waals surface area contributed by atoms with Crippen molar-refractivity contribution in [1.82, 2.24) is 5.32 Å². The fraction of sp³-hybridized carbons (Fsp3) is 0.714. The minimum absolute atomic E-state index is 0.158. The van der Waals surface area contributed by atoms with Gasteiger partial charge in [0.2, 0.25) is 0 Å². The topological polar surface area (TPSA) is 84.9 Å². The van der Waals surface area contributed by atoms with Gasteiger partial charge in [0.25, 0.3) is 5.24 Å². The summed E-state index contributed by atoms with van der Waals surface area (Å²) in [6, 6.07) is -0.493. The normalized spacial score (nSPS) is 37.6. The van der Waals surface area contributed by atoms with Gasteiger partial charge >= 0.3 is 5.97 Å². The first-order valence-electron chi connectivity index (χ1n) is 10.3. The van der Waals surface area contributed by atoms with Crippen LogP contribution in [-0.2, 0) is 14.3 Å². The van der Waals surface area contributed by atoms with Crippen LogP contribution < -0.4 is 5.32 Å². The number of aliphatic hydroxyl groups is 1. The van der Waals surface area contributed by atoms with E-state index in [0.29, 0.717) is 18.1 Å². The van der Waals surface area contributed by atoms with Crippen LogP contribution in [0.25, 0.3) is 0 Å². The number of carbonyl (C=O) groups is 2. The second-order valence-electron chi connectivity index (χ2n) is 8.08. The van der Waals surface area contributed by atoms with Crippen molar-refractivity contribution in [1.29, 1.82) is 0 Å². The molecule has 0 aliphatic carbocycles. The van der Waals surface area contributed by atoms with E-state index in [1.165, 1.54) is 0 Å². The number of hydrogen-bond donors (Lipinski definition) is 2. The van der Waals surface area contributed by atoms with Gasteiger partial charge in [-0.25, -0.2) is 4.79 Å². The Morgan fingerprint density at radius 1 is 1.32 bits per heavy atom. The van der Waals surface area contributed by atoms with E-state index >= 15 is 0 Å². The van der Waals surface area contributed by atoms with Crippen molar-refractivity contribution >= 4 is 23.0 Å². The standard InChI is InChI=1S/C21H31NO5S/c1-3-15-7-5-4-6-14(2)10-19(23)26-17-11-16(9-8-15)27-21(25,12-17)18-13-28-20(24)22-18/h5,7,10,15-18,25H,3-4,6,8-9,11-13H2,1-2H3,(H,22,24)/t15-,16-,17-,18+,21-/m1/s1. The Bertz CT molecular complexity index is 649. The molecule has 3 aliphatic rings. The van der Waals surface area contributed by atoms with Crippen LogP contribution in [0.2, 0.25) is 0 Å². The van der Waals surface area contributed by atoms with Crippen LogP contribution in [0.1, 0.15) is 58.8 Å². The molecule has 0 aromatic heterocycles. The lowest BCUT2D eigenvalue weighted by Gasteiger charge is -2.43. The van der Waals surface area contributed by atoms with Crippen molar-refractivity contribution in [2.45, 2.75) is 82.8 Å². The first kappa shape index (κ1) is 21.4. The average Bonchev–Trinajstić information content (AvgIpc) is 3.07. The molecule has 156 valence electrons. The number of fused-ring (bicyclic) bond motifs is 2. The Labute approximate surface area is 171 Å². The van der Waals surface area contributed by atoms with Gasteiger partial charge < -0.3 is 19.9 Å². The summed E-state index contributed by atoms with van der Waals surface area (Å²) in [5, 5.41) is 13.8. The van der Waals surface area contributed by atoms with Crippen LogP contribution in [0.5, 0.6) is 0 Å². The summed E-state index contributed by atoms with van der Waals surface area (Å²) in [6.07, 6.45) is 10.6. The van der Waals surface area contributed by atoms with E-state index in [1.54, 1.807) is 6.08 Å². The Balaban J connectivity index is 1.79. The lowest BCUT2D eigenvalue weighted by atomic mass is 9.89. The predicted molar refractivity (Wildman–Crippen MR) is 109 cm³/mol. The molecule has 3 aliphatic heterocycles. The molecule has 0 saturated carbocycles. The van der Waals surface area contributed by atoms with E-state index < -0.39 is 17.9 Å². The molecule has 2 saturated heterocycles. The largest absolute Gasteiger partial charge is 0.459 e. The van der Waals surface area contributed by atoms with Crippen LogP contribution in [-0.4, -0.2) is 46.1 Å². The molecule has 3 heterocycles. The Morgan fingerprint density at radius 3 is 2.86 bits per heavy atom. The van der Waals surface area contributed by atoms with E-state index in [0.717, 1.165) is 49.4 Å². The number of amides is 1. The maximum Gasteiger partial charge on any atom is 0.330 e. The number of esters is 1. The van der Waals surface area contributed by atoms with Gasteiger partial charge in [0.15, 0.2) is 5.79 Å². The van der Waals surface area contributed by atoms with Crippen molar-refractivity contribution in [2.75, 3.05) is 5.75 Å². The molecule has 7 heteroatoms. The maximum absolute atomic E-state index is 12.3. The molecule has 1 amide bonds. The minimum atomic E-state index is -1.51. The van der Waals surface area contributed by atoms with E-state index in [1.807, 2.05) is 6.92 Å². The van der Waals surface area contributed by atoms with Crippen molar-refractivity contribution in [3.8, 4) is 0 Å². The molecule has 3 rings (SSSR count). The SMILES string of the molecule is CC[C@@H]1C=CCCC(C)=CC(=O)O[C@@H]2C[C@@H](CC1)O[C@@](O)([C@@H]1CSC(=O)N1)C2. The van der Waals surface area contributed by atoms with Gasteiger partial charge in [-0.05, 0) is 44.9 Å². The van der Waals surface area contributed by atoms with Gasteiger partial charge in [-0.2, -0.15) is 0 Å². The first-order valence-corrected chi connectivity index (χ1v) is 11.2. The van der Waals surface area contributed by atoms with Crippen LogP contribution >= 0.6 is 11.8 Å². The maximum atomic E-state index is 12.3. The smallest absolute Gasteiger partial charge is 0.330 e. The van der Waals surface area contributed by atoms with Crippen molar-refractivity contribution in [3.05, 3.63) is 23.8 Å². The van der Waals surface area contributed by atoms with Gasteiger partial charge in [-0.1, -0.05) is 36.4 Å². The third-order valence-corrected chi connectivity index (χ3v) is 6.66. The summed E-state index contributed by atoms with van der Waals surface area (Å²) < 4.78 is 11.8. The van der Waals surface area contributed by atoms with Gasteiger partial charge in [0, 0.05) is 24.7 Å². The molecule has 0 unspecified atom stereocenters. The van der Waals surface area contributed by atoms with Crippen LogP contribution in [0.3, 0.4) is 0 Å². The third kappa shape index (κ3) is 5.61. The molecule has 2 N–H and O–H groups in total. The zero-order valence-corrected chi connectivity index (χ0v) is 17.5. The Hall–Kier alpha value is -1.31. The number of rotatable bonds is 2. The minimum Gasteiger partial charge on any atom is -0.459 e. The lowest BCUT2D eigenvalue weighted by Crippen LogP contribution is -2.58. The second-order valence-corrected chi connectivity index (χ2v) is 9.07. The molecule has 2 bridgehead atoms. The fourth-order valence-electron chi connectivity index (χ4n) is 4.11. The highest BCUT2D eigenvalue weighted by atomic mass is 32.2. The summed E-state index contributed by atoms with van der Waals surface area (Å²) in [5.74, 6) is -0.973. The highest BCUT2D eigenvalue weighted by Gasteiger charge is 2.49. The van der Waals surface area contributed by atoms with Gasteiger partial charge in [-0.15, -0.1) is 0 Å². The van der Waals surface area contributed by atoms with Crippen LogP contribution in [0.15, 0.2) is 23.8 Å². The Morgan fingerprint density at radius 2 is 2.14 bits per heavy atom. The molecule has 28 heavy (non-hydrogen) atoms. The molecule has 0 spiro atoms. The zero-order valence-electron chi connectivity index (χ0n) is 16.7. The molecular weight excluding hydrogens is 378 g/mol. The summed E-state index contributed by atoms with van der Waals surface area (Å²) in [7, 11) is 0. The van der Waals surface area contributed by atoms with E-state index in [-0.39, 0.29) is 23.7 Å². The zero-order chi connectivity index (χ0) is 20.1. The quantitative estimate of drug-likeness (QED) is 0.534. The molecular formula is C21H31NO5S. The summed E-state index contributed by atoms with van der Waals surface area (Å²) in [4.78, 5) is 24.0. The van der Waals surface area contributed by atoms with E-state index in [4.69, 9.17) is 9.47 Å². The number of hydrogen-bond acceptors (Lipinski definition) is 6. The summed E-state index contributed by atoms with van der Waals surface area (Å²) >= 11 is 1.14. The van der Waals surface area contributed by atoms with E-state index in [2.05, 4.69) is 24.4 Å². The highest BCUT2D eigenvalue weighted by Crippen LogP contribution is 2.37. The summed E-state index contributed by atoms with van der Waals surface area (Å²) in [6.45, 7) is 4.11. The number of allylic oxidation sites excluding steroid dienone is 3. The number of ether oxygens (including phenoxy) is 2. The first-order chi connectivity index (χ1) is 13.4. The molecule has 2 fully saturated rings. The molecule has 6 nitrogen and oxygen atoms in total. The fourth-order valence-corrected chi connectivity index (χ4v) is 5.00. The monoisotopic (exact) mass is 409 g/mol. The number of carbonyl (C=O) groups excluding carboxylic acids is 2. The van der Waals surface area contributed by atoms with Gasteiger partial charge in [0.05, 0.1) is 12.1 Å². The van der Waals surface area contributed by atoms with Gasteiger partial charge in [-0.3, -0.25) is 4.79 Å². The number of thioether (sulfide) groups is 1. The van der Waals surface area contributed by atoms with Crippen molar-refractivity contribution in [3.63, 3.8) is 0 Å². The molecule has 5 atom stereocenters. The van der Waals surface area contributed by atoms with E-state index in [9.17, 15) is 14.7 Å². The average molecular weight is 410 g/mol. The van der Waals surface area contributed by atoms with Gasteiger partial charge in [0.1, 0.15) is 6.10 Å². The number of nitrogens with one attached hydrogen (secondary N) is 1. The van der Waals surface area contributed by atoms with Crippen LogP contribution in [0.4, 0.5) is 4.79 Å². The molecule has 0 aromatic rings.